The number of alkyl halides is 3. The summed E-state index contributed by atoms with van der Waals surface area (Å²) < 4.78 is 34.6. The topological polar surface area (TPSA) is 49.3 Å². The van der Waals surface area contributed by atoms with Crippen molar-refractivity contribution in [3.63, 3.8) is 0 Å². The summed E-state index contributed by atoms with van der Waals surface area (Å²) in [7, 11) is 0. The second-order valence-electron chi connectivity index (χ2n) is 2.38. The van der Waals surface area contributed by atoms with Gasteiger partial charge in [-0.2, -0.15) is 13.2 Å². The van der Waals surface area contributed by atoms with Gasteiger partial charge in [-0.25, -0.2) is 0 Å². The molecule has 0 aliphatic rings. The van der Waals surface area contributed by atoms with Crippen molar-refractivity contribution in [1.82, 2.24) is 5.32 Å². The fraction of sp³-hybridized carbons (Fsp3) is 0.833. The van der Waals surface area contributed by atoms with Crippen LogP contribution in [0.15, 0.2) is 0 Å². The van der Waals surface area contributed by atoms with Crippen LogP contribution in [-0.4, -0.2) is 29.8 Å². The molecule has 3 nitrogen and oxygen atoms in total. The van der Waals surface area contributed by atoms with Crippen LogP contribution in [0.5, 0.6) is 0 Å². The minimum atomic E-state index is -4.23. The average molecular weight is 185 g/mol. The zero-order valence-corrected chi connectivity index (χ0v) is 6.48. The van der Waals surface area contributed by atoms with Gasteiger partial charge in [0.2, 0.25) is 0 Å². The quantitative estimate of drug-likeness (QED) is 0.687. The summed E-state index contributed by atoms with van der Waals surface area (Å²) in [5.74, 6) is -1.16. The summed E-state index contributed by atoms with van der Waals surface area (Å²) >= 11 is 0. The normalized spacial score (nSPS) is 14.3. The van der Waals surface area contributed by atoms with Crippen LogP contribution in [0.1, 0.15) is 13.3 Å². The largest absolute Gasteiger partial charge is 0.480 e. The fourth-order valence-corrected chi connectivity index (χ4v) is 0.518. The molecule has 72 valence electrons. The van der Waals surface area contributed by atoms with Crippen LogP contribution in [0.25, 0.3) is 0 Å². The van der Waals surface area contributed by atoms with Crippen molar-refractivity contribution >= 4 is 5.97 Å². The number of carboxylic acid groups (broad SMARTS) is 1. The Labute approximate surface area is 67.6 Å². The predicted molar refractivity (Wildman–Crippen MR) is 35.8 cm³/mol. The lowest BCUT2D eigenvalue weighted by atomic mass is 10.3. The third-order valence-corrected chi connectivity index (χ3v) is 1.23. The summed E-state index contributed by atoms with van der Waals surface area (Å²) in [4.78, 5) is 10.1. The first-order valence-corrected chi connectivity index (χ1v) is 3.36. The Bertz CT molecular complexity index is 157. The van der Waals surface area contributed by atoms with Crippen LogP contribution in [0.3, 0.4) is 0 Å². The summed E-state index contributed by atoms with van der Waals surface area (Å²) in [5, 5.41) is 10.5. The van der Waals surface area contributed by atoms with Gasteiger partial charge in [-0.3, -0.25) is 4.79 Å². The van der Waals surface area contributed by atoms with Crippen molar-refractivity contribution in [2.75, 3.05) is 6.54 Å². The van der Waals surface area contributed by atoms with E-state index in [0.717, 1.165) is 0 Å². The minimum Gasteiger partial charge on any atom is -0.480 e. The number of nitrogens with one attached hydrogen (secondary N) is 1. The second-order valence-corrected chi connectivity index (χ2v) is 2.38. The monoisotopic (exact) mass is 185 g/mol. The number of carboxylic acids is 1. The molecule has 0 saturated carbocycles. The molecule has 6 heteroatoms. The van der Waals surface area contributed by atoms with Gasteiger partial charge < -0.3 is 10.4 Å². The highest BCUT2D eigenvalue weighted by Crippen LogP contribution is 2.18. The van der Waals surface area contributed by atoms with E-state index in [1.165, 1.54) is 6.92 Å². The number of rotatable bonds is 4. The summed E-state index contributed by atoms with van der Waals surface area (Å²) in [6, 6.07) is -0.938. The Balaban J connectivity index is 3.51. The Kier molecular flexibility index (Phi) is 4.02. The number of halogens is 3. The Morgan fingerprint density at radius 3 is 2.42 bits per heavy atom. The highest BCUT2D eigenvalue weighted by molar-refractivity contribution is 5.72. The van der Waals surface area contributed by atoms with Gasteiger partial charge in [-0.15, -0.1) is 0 Å². The lowest BCUT2D eigenvalue weighted by Crippen LogP contribution is -2.35. The van der Waals surface area contributed by atoms with E-state index in [-0.39, 0.29) is 6.54 Å². The van der Waals surface area contributed by atoms with Crippen LogP contribution >= 0.6 is 0 Å². The van der Waals surface area contributed by atoms with E-state index in [0.29, 0.717) is 0 Å². The van der Waals surface area contributed by atoms with E-state index >= 15 is 0 Å². The molecule has 0 radical (unpaired) electrons. The molecule has 0 rings (SSSR count). The average Bonchev–Trinajstić information content (AvgIpc) is 1.84. The van der Waals surface area contributed by atoms with E-state index in [1.54, 1.807) is 0 Å². The highest BCUT2D eigenvalue weighted by atomic mass is 19.4. The lowest BCUT2D eigenvalue weighted by molar-refractivity contribution is -0.142. The first-order valence-electron chi connectivity index (χ1n) is 3.36. The maximum Gasteiger partial charge on any atom is 0.390 e. The van der Waals surface area contributed by atoms with Crippen molar-refractivity contribution in [2.45, 2.75) is 25.6 Å². The molecule has 0 aromatic rings. The molecule has 0 aliphatic heterocycles. The SMILES string of the molecule is C[C@@H](NCCC(F)(F)F)C(=O)O. The molecule has 0 bridgehead atoms. The summed E-state index contributed by atoms with van der Waals surface area (Å²) in [6.45, 7) is 0.926. The first kappa shape index (κ1) is 11.2. The Morgan fingerprint density at radius 1 is 1.58 bits per heavy atom. The zero-order valence-electron chi connectivity index (χ0n) is 6.48. The number of aliphatic carboxylic acids is 1. The third kappa shape index (κ3) is 5.96. The first-order chi connectivity index (χ1) is 5.33. The fourth-order valence-electron chi connectivity index (χ4n) is 0.518. The van der Waals surface area contributed by atoms with Crippen molar-refractivity contribution in [2.24, 2.45) is 0 Å². The van der Waals surface area contributed by atoms with Gasteiger partial charge in [0.1, 0.15) is 6.04 Å². The van der Waals surface area contributed by atoms with Crippen molar-refractivity contribution in [3.05, 3.63) is 0 Å². The van der Waals surface area contributed by atoms with E-state index in [9.17, 15) is 18.0 Å². The van der Waals surface area contributed by atoms with E-state index < -0.39 is 24.6 Å². The van der Waals surface area contributed by atoms with Gasteiger partial charge >= 0.3 is 12.1 Å². The molecule has 0 fully saturated rings. The van der Waals surface area contributed by atoms with Crippen LogP contribution in [0.2, 0.25) is 0 Å². The number of hydrogen-bond donors (Lipinski definition) is 2. The van der Waals surface area contributed by atoms with Crippen LogP contribution in [0, 0.1) is 0 Å². The predicted octanol–water partition coefficient (Wildman–Crippen LogP) is 1.00. The smallest absolute Gasteiger partial charge is 0.390 e. The van der Waals surface area contributed by atoms with E-state index in [1.807, 2.05) is 0 Å². The molecule has 0 saturated heterocycles. The van der Waals surface area contributed by atoms with Gasteiger partial charge in [0.25, 0.3) is 0 Å². The molecule has 0 aromatic heterocycles. The standard InChI is InChI=1S/C6H10F3NO2/c1-4(5(11)12)10-3-2-6(7,8)9/h4,10H,2-3H2,1H3,(H,11,12)/t4-/m1/s1. The van der Waals surface area contributed by atoms with Crippen molar-refractivity contribution < 1.29 is 23.1 Å². The summed E-state index contributed by atoms with van der Waals surface area (Å²) in [6.07, 6.45) is -5.24. The van der Waals surface area contributed by atoms with Crippen molar-refractivity contribution in [3.8, 4) is 0 Å². The maximum atomic E-state index is 11.5. The molecule has 2 N–H and O–H groups in total. The van der Waals surface area contributed by atoms with Gasteiger partial charge in [0, 0.05) is 6.54 Å². The minimum absolute atomic E-state index is 0.364. The maximum absolute atomic E-state index is 11.5. The molecular weight excluding hydrogens is 175 g/mol. The zero-order chi connectivity index (χ0) is 9.78. The van der Waals surface area contributed by atoms with Crippen LogP contribution < -0.4 is 5.32 Å². The van der Waals surface area contributed by atoms with E-state index in [4.69, 9.17) is 5.11 Å². The van der Waals surface area contributed by atoms with Gasteiger partial charge in [0.15, 0.2) is 0 Å². The summed E-state index contributed by atoms with van der Waals surface area (Å²) in [5.41, 5.74) is 0. The second kappa shape index (κ2) is 4.30. The van der Waals surface area contributed by atoms with Gasteiger partial charge in [-0.05, 0) is 6.92 Å². The molecule has 0 unspecified atom stereocenters. The van der Waals surface area contributed by atoms with E-state index in [2.05, 4.69) is 5.32 Å². The van der Waals surface area contributed by atoms with Gasteiger partial charge in [0.05, 0.1) is 6.42 Å². The third-order valence-electron chi connectivity index (χ3n) is 1.23. The van der Waals surface area contributed by atoms with Crippen molar-refractivity contribution in [1.29, 1.82) is 0 Å². The molecule has 12 heavy (non-hydrogen) atoms. The molecule has 0 aliphatic carbocycles. The molecule has 0 amide bonds. The lowest BCUT2D eigenvalue weighted by Gasteiger charge is -2.10. The van der Waals surface area contributed by atoms with Crippen LogP contribution in [0.4, 0.5) is 13.2 Å². The number of carbonyl (C=O) groups is 1. The molecular formula is C6H10F3NO2. The van der Waals surface area contributed by atoms with Gasteiger partial charge in [-0.1, -0.05) is 0 Å². The Morgan fingerprint density at radius 2 is 2.08 bits per heavy atom. The highest BCUT2D eigenvalue weighted by Gasteiger charge is 2.26. The molecule has 0 heterocycles. The molecule has 0 aromatic carbocycles. The number of hydrogen-bond acceptors (Lipinski definition) is 2. The Hall–Kier alpha value is -0.780. The molecule has 0 spiro atoms. The van der Waals surface area contributed by atoms with Crippen LogP contribution in [-0.2, 0) is 4.79 Å². The molecule has 1 atom stereocenters.